The second-order valence-corrected chi connectivity index (χ2v) is 5.63. The van der Waals surface area contributed by atoms with Crippen molar-refractivity contribution in [2.75, 3.05) is 18.5 Å². The van der Waals surface area contributed by atoms with Crippen molar-refractivity contribution in [3.63, 3.8) is 0 Å². The second-order valence-electron chi connectivity index (χ2n) is 5.22. The standard InChI is InChI=1S/C14H20ClNO2/c1-16(10-14(18)6-2-3-7-14)12-5-4-11(9-17)13(15)8-12/h4-5,8,17-18H,2-3,6-7,9-10H2,1H3. The average molecular weight is 270 g/mol. The summed E-state index contributed by atoms with van der Waals surface area (Å²) in [7, 11) is 1.96. The molecule has 2 N–H and O–H groups in total. The molecule has 2 rings (SSSR count). The molecule has 0 radical (unpaired) electrons. The number of aliphatic hydroxyl groups excluding tert-OH is 1. The fourth-order valence-electron chi connectivity index (χ4n) is 2.63. The summed E-state index contributed by atoms with van der Waals surface area (Å²) in [5, 5.41) is 20.0. The molecule has 1 fully saturated rings. The SMILES string of the molecule is CN(CC1(O)CCCC1)c1ccc(CO)c(Cl)c1. The fraction of sp³-hybridized carbons (Fsp3) is 0.571. The monoisotopic (exact) mass is 269 g/mol. The Balaban J connectivity index is 2.08. The van der Waals surface area contributed by atoms with Gasteiger partial charge in [-0.2, -0.15) is 0 Å². The van der Waals surface area contributed by atoms with Gasteiger partial charge in [-0.05, 0) is 30.5 Å². The lowest BCUT2D eigenvalue weighted by atomic mass is 10.0. The van der Waals surface area contributed by atoms with E-state index in [9.17, 15) is 5.11 Å². The van der Waals surface area contributed by atoms with Gasteiger partial charge in [-0.3, -0.25) is 0 Å². The number of benzene rings is 1. The fourth-order valence-corrected chi connectivity index (χ4v) is 2.86. The third-order valence-corrected chi connectivity index (χ3v) is 4.07. The van der Waals surface area contributed by atoms with Gasteiger partial charge in [0.05, 0.1) is 12.2 Å². The molecule has 0 saturated heterocycles. The molecule has 1 aliphatic carbocycles. The van der Waals surface area contributed by atoms with Crippen LogP contribution in [-0.2, 0) is 6.61 Å². The van der Waals surface area contributed by atoms with Gasteiger partial charge >= 0.3 is 0 Å². The molecule has 3 nitrogen and oxygen atoms in total. The maximum Gasteiger partial charge on any atom is 0.0821 e. The zero-order chi connectivity index (χ0) is 13.2. The van der Waals surface area contributed by atoms with Crippen LogP contribution in [0.5, 0.6) is 0 Å². The first kappa shape index (κ1) is 13.7. The van der Waals surface area contributed by atoms with Crippen molar-refractivity contribution >= 4 is 17.3 Å². The molecular formula is C14H20ClNO2. The topological polar surface area (TPSA) is 43.7 Å². The summed E-state index contributed by atoms with van der Waals surface area (Å²) in [5.41, 5.74) is 1.14. The molecule has 0 atom stereocenters. The van der Waals surface area contributed by atoms with E-state index >= 15 is 0 Å². The molecule has 0 heterocycles. The number of hydrogen-bond acceptors (Lipinski definition) is 3. The first-order chi connectivity index (χ1) is 8.54. The predicted octanol–water partition coefficient (Wildman–Crippen LogP) is 2.57. The van der Waals surface area contributed by atoms with Crippen molar-refractivity contribution in [3.05, 3.63) is 28.8 Å². The smallest absolute Gasteiger partial charge is 0.0821 e. The third-order valence-electron chi connectivity index (χ3n) is 3.71. The van der Waals surface area contributed by atoms with E-state index in [2.05, 4.69) is 0 Å². The van der Waals surface area contributed by atoms with Crippen LogP contribution in [0.25, 0.3) is 0 Å². The van der Waals surface area contributed by atoms with Crippen molar-refractivity contribution in [2.24, 2.45) is 0 Å². The van der Waals surface area contributed by atoms with Crippen molar-refractivity contribution in [3.8, 4) is 0 Å². The minimum absolute atomic E-state index is 0.0488. The zero-order valence-electron chi connectivity index (χ0n) is 10.7. The summed E-state index contributed by atoms with van der Waals surface area (Å²) in [4.78, 5) is 2.03. The molecule has 0 aliphatic heterocycles. The van der Waals surface area contributed by atoms with Crippen LogP contribution in [0.2, 0.25) is 5.02 Å². The molecule has 4 heteroatoms. The first-order valence-corrected chi connectivity index (χ1v) is 6.75. The molecule has 0 spiro atoms. The normalized spacial score (nSPS) is 18.0. The van der Waals surface area contributed by atoms with Gasteiger partial charge in [-0.25, -0.2) is 0 Å². The van der Waals surface area contributed by atoms with E-state index < -0.39 is 5.60 Å². The molecule has 1 aromatic carbocycles. The number of halogens is 1. The van der Waals surface area contributed by atoms with Gasteiger partial charge in [0, 0.05) is 24.3 Å². The molecule has 0 unspecified atom stereocenters. The first-order valence-electron chi connectivity index (χ1n) is 6.37. The zero-order valence-corrected chi connectivity index (χ0v) is 11.5. The van der Waals surface area contributed by atoms with E-state index in [1.807, 2.05) is 30.1 Å². The highest BCUT2D eigenvalue weighted by Gasteiger charge is 2.32. The Labute approximate surface area is 113 Å². The Morgan fingerprint density at radius 3 is 2.56 bits per heavy atom. The summed E-state index contributed by atoms with van der Waals surface area (Å²) in [6, 6.07) is 5.59. The van der Waals surface area contributed by atoms with Crippen LogP contribution in [-0.4, -0.2) is 29.4 Å². The van der Waals surface area contributed by atoms with Gasteiger partial charge in [0.2, 0.25) is 0 Å². The van der Waals surface area contributed by atoms with E-state index in [-0.39, 0.29) is 6.61 Å². The number of rotatable bonds is 4. The summed E-state index contributed by atoms with van der Waals surface area (Å²) in [6.45, 7) is 0.578. The Morgan fingerprint density at radius 2 is 2.00 bits per heavy atom. The van der Waals surface area contributed by atoms with Crippen molar-refractivity contribution in [1.29, 1.82) is 0 Å². The maximum absolute atomic E-state index is 10.4. The van der Waals surface area contributed by atoms with Crippen LogP contribution < -0.4 is 4.90 Å². The highest BCUT2D eigenvalue weighted by Crippen LogP contribution is 2.32. The van der Waals surface area contributed by atoms with E-state index in [1.165, 1.54) is 0 Å². The van der Waals surface area contributed by atoms with Crippen LogP contribution in [0, 0.1) is 0 Å². The maximum atomic E-state index is 10.4. The third kappa shape index (κ3) is 2.97. The number of nitrogens with zero attached hydrogens (tertiary/aromatic N) is 1. The highest BCUT2D eigenvalue weighted by atomic mass is 35.5. The number of aliphatic hydroxyl groups is 2. The molecule has 1 aliphatic rings. The molecule has 1 saturated carbocycles. The molecule has 1 aromatic rings. The van der Waals surface area contributed by atoms with Crippen molar-refractivity contribution in [2.45, 2.75) is 37.9 Å². The summed E-state index contributed by atoms with van der Waals surface area (Å²) >= 11 is 6.08. The lowest BCUT2D eigenvalue weighted by Gasteiger charge is -2.30. The van der Waals surface area contributed by atoms with Crippen LogP contribution in [0.4, 0.5) is 5.69 Å². The van der Waals surface area contributed by atoms with Gasteiger partial charge in [0.15, 0.2) is 0 Å². The Morgan fingerprint density at radius 1 is 1.33 bits per heavy atom. The number of likely N-dealkylation sites (N-methyl/N-ethyl adjacent to an activating group) is 1. The van der Waals surface area contributed by atoms with Crippen LogP contribution in [0.15, 0.2) is 18.2 Å². The van der Waals surface area contributed by atoms with Gasteiger partial charge in [-0.1, -0.05) is 30.5 Å². The number of anilines is 1. The molecule has 100 valence electrons. The Kier molecular flexibility index (Phi) is 4.15. The highest BCUT2D eigenvalue weighted by molar-refractivity contribution is 6.31. The summed E-state index contributed by atoms with van der Waals surface area (Å²) < 4.78 is 0. The minimum atomic E-state index is -0.559. The van der Waals surface area contributed by atoms with Gasteiger partial charge in [0.1, 0.15) is 0 Å². The second kappa shape index (κ2) is 5.47. The van der Waals surface area contributed by atoms with E-state index in [1.54, 1.807) is 0 Å². The van der Waals surface area contributed by atoms with Crippen LogP contribution in [0.1, 0.15) is 31.2 Å². The van der Waals surface area contributed by atoms with Gasteiger partial charge in [0.25, 0.3) is 0 Å². The Bertz CT molecular complexity index is 416. The van der Waals surface area contributed by atoms with E-state index in [4.69, 9.17) is 16.7 Å². The molecule has 18 heavy (non-hydrogen) atoms. The largest absolute Gasteiger partial charge is 0.392 e. The quantitative estimate of drug-likeness (QED) is 0.883. The summed E-state index contributed by atoms with van der Waals surface area (Å²) in [6.07, 6.45) is 3.96. The van der Waals surface area contributed by atoms with Crippen molar-refractivity contribution in [1.82, 2.24) is 0 Å². The molecule has 0 aromatic heterocycles. The average Bonchev–Trinajstić information content (AvgIpc) is 2.75. The van der Waals surface area contributed by atoms with E-state index in [0.29, 0.717) is 11.6 Å². The van der Waals surface area contributed by atoms with Crippen molar-refractivity contribution < 1.29 is 10.2 Å². The Hall–Kier alpha value is -0.770. The minimum Gasteiger partial charge on any atom is -0.392 e. The van der Waals surface area contributed by atoms with Gasteiger partial charge < -0.3 is 15.1 Å². The molecule has 0 amide bonds. The number of hydrogen-bond donors (Lipinski definition) is 2. The van der Waals surface area contributed by atoms with Gasteiger partial charge in [-0.15, -0.1) is 0 Å². The van der Waals surface area contributed by atoms with Crippen LogP contribution >= 0.6 is 11.6 Å². The van der Waals surface area contributed by atoms with E-state index in [0.717, 1.165) is 36.9 Å². The molecular weight excluding hydrogens is 250 g/mol. The molecule has 0 bridgehead atoms. The lowest BCUT2D eigenvalue weighted by Crippen LogP contribution is -2.39. The lowest BCUT2D eigenvalue weighted by molar-refractivity contribution is 0.0559. The predicted molar refractivity (Wildman–Crippen MR) is 74.1 cm³/mol. The summed E-state index contributed by atoms with van der Waals surface area (Å²) in [5.74, 6) is 0. The van der Waals surface area contributed by atoms with Crippen LogP contribution in [0.3, 0.4) is 0 Å².